The zero-order valence-electron chi connectivity index (χ0n) is 12.2. The number of carboxylic acids is 2. The van der Waals surface area contributed by atoms with Crippen molar-refractivity contribution in [1.82, 2.24) is 0 Å². The molecule has 1 saturated carbocycles. The summed E-state index contributed by atoms with van der Waals surface area (Å²) in [7, 11) is 0. The number of carboxylic acid groups (broad SMARTS) is 2. The minimum atomic E-state index is -0.786. The van der Waals surface area contributed by atoms with Gasteiger partial charge in [0, 0.05) is 0 Å². The van der Waals surface area contributed by atoms with Crippen LogP contribution in [0.25, 0.3) is 0 Å². The Hall–Kier alpha value is -1.84. The van der Waals surface area contributed by atoms with Gasteiger partial charge in [0.15, 0.2) is 0 Å². The Kier molecular flexibility index (Phi) is 10.0. The normalized spacial score (nSPS) is 13.5. The summed E-state index contributed by atoms with van der Waals surface area (Å²) in [5.74, 6) is -1.41. The number of rotatable bonds is 3. The summed E-state index contributed by atoms with van der Waals surface area (Å²) >= 11 is 0. The predicted octanol–water partition coefficient (Wildman–Crippen LogP) is 3.60. The molecule has 0 aromatic heterocycles. The highest BCUT2D eigenvalue weighted by molar-refractivity contribution is 5.70. The summed E-state index contributed by atoms with van der Waals surface area (Å²) in [6.07, 6.45) is 4.12. The van der Waals surface area contributed by atoms with Crippen molar-refractivity contribution in [2.75, 3.05) is 0 Å². The molecule has 1 aromatic rings. The lowest BCUT2D eigenvalue weighted by molar-refractivity contribution is -0.141. The second-order valence-corrected chi connectivity index (χ2v) is 4.38. The van der Waals surface area contributed by atoms with Crippen LogP contribution >= 0.6 is 0 Å². The molecule has 0 saturated heterocycles. The second-order valence-electron chi connectivity index (χ2n) is 4.38. The number of hydrogen-bond acceptors (Lipinski definition) is 2. The van der Waals surface area contributed by atoms with E-state index in [1.54, 1.807) is 12.1 Å². The highest BCUT2D eigenvalue weighted by Gasteiger charge is 2.20. The summed E-state index contributed by atoms with van der Waals surface area (Å²) in [4.78, 5) is 20.4. The van der Waals surface area contributed by atoms with E-state index in [1.165, 1.54) is 0 Å². The molecule has 1 aliphatic carbocycles. The third kappa shape index (κ3) is 8.29. The first-order chi connectivity index (χ1) is 9.59. The third-order valence-electron chi connectivity index (χ3n) is 2.90. The minimum absolute atomic E-state index is 0.0185. The van der Waals surface area contributed by atoms with Crippen molar-refractivity contribution in [3.63, 3.8) is 0 Å². The maximum atomic E-state index is 10.2. The predicted molar refractivity (Wildman–Crippen MR) is 78.7 cm³/mol. The number of hydrogen-bond donors (Lipinski definition) is 2. The van der Waals surface area contributed by atoms with E-state index in [0.29, 0.717) is 0 Å². The maximum Gasteiger partial charge on any atom is 0.307 e. The van der Waals surface area contributed by atoms with Crippen molar-refractivity contribution < 1.29 is 19.8 Å². The maximum absolute atomic E-state index is 10.2. The number of benzene rings is 1. The Labute approximate surface area is 120 Å². The lowest BCUT2D eigenvalue weighted by Gasteiger charge is -1.97. The Morgan fingerprint density at radius 2 is 1.55 bits per heavy atom. The van der Waals surface area contributed by atoms with Crippen molar-refractivity contribution in [2.24, 2.45) is 5.92 Å². The monoisotopic (exact) mass is 280 g/mol. The SMILES string of the molecule is CC.O=C(O)C1CCCC1.O=C(O)Cc1ccccc1. The second kappa shape index (κ2) is 11.0. The highest BCUT2D eigenvalue weighted by atomic mass is 16.4. The molecule has 0 radical (unpaired) electrons. The summed E-state index contributed by atoms with van der Waals surface area (Å²) in [6.45, 7) is 4.00. The van der Waals surface area contributed by atoms with E-state index in [9.17, 15) is 9.59 Å². The molecule has 0 amide bonds. The van der Waals surface area contributed by atoms with Gasteiger partial charge in [-0.2, -0.15) is 0 Å². The fourth-order valence-electron chi connectivity index (χ4n) is 1.94. The van der Waals surface area contributed by atoms with Crippen LogP contribution in [0, 0.1) is 5.92 Å². The van der Waals surface area contributed by atoms with Crippen LogP contribution in [-0.4, -0.2) is 22.2 Å². The van der Waals surface area contributed by atoms with Crippen LogP contribution in [0.15, 0.2) is 30.3 Å². The van der Waals surface area contributed by atoms with Crippen molar-refractivity contribution in [3.05, 3.63) is 35.9 Å². The molecule has 4 nitrogen and oxygen atoms in total. The molecule has 0 atom stereocenters. The molecule has 2 rings (SSSR count). The van der Waals surface area contributed by atoms with Crippen LogP contribution in [0.2, 0.25) is 0 Å². The van der Waals surface area contributed by atoms with E-state index in [4.69, 9.17) is 10.2 Å². The average molecular weight is 280 g/mol. The van der Waals surface area contributed by atoms with E-state index in [-0.39, 0.29) is 12.3 Å². The molecular formula is C16H24O4. The van der Waals surface area contributed by atoms with Gasteiger partial charge in [-0.05, 0) is 18.4 Å². The molecule has 0 unspecified atom stereocenters. The van der Waals surface area contributed by atoms with Crippen molar-refractivity contribution in [3.8, 4) is 0 Å². The molecule has 0 heterocycles. The molecule has 20 heavy (non-hydrogen) atoms. The summed E-state index contributed by atoms with van der Waals surface area (Å²) in [5, 5.41) is 16.8. The van der Waals surface area contributed by atoms with E-state index in [1.807, 2.05) is 32.0 Å². The molecule has 112 valence electrons. The molecular weight excluding hydrogens is 256 g/mol. The van der Waals surface area contributed by atoms with Crippen LogP contribution < -0.4 is 0 Å². The summed E-state index contributed by atoms with van der Waals surface area (Å²) in [6, 6.07) is 9.13. The molecule has 2 N–H and O–H groups in total. The Balaban J connectivity index is 0.000000327. The number of carbonyl (C=O) groups is 2. The fourth-order valence-corrected chi connectivity index (χ4v) is 1.94. The van der Waals surface area contributed by atoms with Gasteiger partial charge in [0.05, 0.1) is 12.3 Å². The summed E-state index contributed by atoms with van der Waals surface area (Å²) < 4.78 is 0. The van der Waals surface area contributed by atoms with Crippen LogP contribution in [0.4, 0.5) is 0 Å². The van der Waals surface area contributed by atoms with E-state index in [2.05, 4.69) is 0 Å². The van der Waals surface area contributed by atoms with Gasteiger partial charge in [0.25, 0.3) is 0 Å². The molecule has 0 bridgehead atoms. The smallest absolute Gasteiger partial charge is 0.307 e. The fraction of sp³-hybridized carbons (Fsp3) is 0.500. The van der Waals surface area contributed by atoms with Gasteiger partial charge in [0.2, 0.25) is 0 Å². The first-order valence-corrected chi connectivity index (χ1v) is 7.08. The zero-order valence-corrected chi connectivity index (χ0v) is 12.2. The third-order valence-corrected chi connectivity index (χ3v) is 2.90. The van der Waals surface area contributed by atoms with Crippen molar-refractivity contribution in [1.29, 1.82) is 0 Å². The molecule has 1 fully saturated rings. The standard InChI is InChI=1S/C8H8O2.C6H10O2.C2H6/c9-8(10)6-7-4-2-1-3-5-7;7-6(8)5-3-1-2-4-5;1-2/h1-5H,6H2,(H,9,10);5H,1-4H2,(H,7,8);1-2H3. The molecule has 1 aliphatic rings. The minimum Gasteiger partial charge on any atom is -0.481 e. The Morgan fingerprint density at radius 3 is 1.90 bits per heavy atom. The highest BCUT2D eigenvalue weighted by Crippen LogP contribution is 2.24. The average Bonchev–Trinajstić information content (AvgIpc) is 2.96. The Morgan fingerprint density at radius 1 is 1.05 bits per heavy atom. The van der Waals surface area contributed by atoms with Crippen LogP contribution in [-0.2, 0) is 16.0 Å². The first kappa shape index (κ1) is 18.2. The van der Waals surface area contributed by atoms with Gasteiger partial charge in [-0.25, -0.2) is 0 Å². The van der Waals surface area contributed by atoms with Gasteiger partial charge in [-0.1, -0.05) is 57.0 Å². The van der Waals surface area contributed by atoms with Crippen LogP contribution in [0.1, 0.15) is 45.1 Å². The van der Waals surface area contributed by atoms with E-state index in [0.717, 1.165) is 31.2 Å². The van der Waals surface area contributed by atoms with Gasteiger partial charge >= 0.3 is 11.9 Å². The molecule has 0 spiro atoms. The van der Waals surface area contributed by atoms with Gasteiger partial charge in [-0.15, -0.1) is 0 Å². The van der Waals surface area contributed by atoms with Crippen molar-refractivity contribution in [2.45, 2.75) is 46.0 Å². The topological polar surface area (TPSA) is 74.6 Å². The molecule has 0 aliphatic heterocycles. The van der Waals surface area contributed by atoms with E-state index >= 15 is 0 Å². The Bertz CT molecular complexity index is 381. The lowest BCUT2D eigenvalue weighted by atomic mass is 10.1. The van der Waals surface area contributed by atoms with Crippen molar-refractivity contribution >= 4 is 11.9 Å². The zero-order chi connectivity index (χ0) is 15.4. The van der Waals surface area contributed by atoms with Crippen LogP contribution in [0.3, 0.4) is 0 Å². The first-order valence-electron chi connectivity index (χ1n) is 7.08. The molecule has 1 aromatic carbocycles. The largest absolute Gasteiger partial charge is 0.481 e. The summed E-state index contributed by atoms with van der Waals surface area (Å²) in [5.41, 5.74) is 0.843. The molecule has 4 heteroatoms. The quantitative estimate of drug-likeness (QED) is 0.887. The van der Waals surface area contributed by atoms with Gasteiger partial charge < -0.3 is 10.2 Å². The van der Waals surface area contributed by atoms with Gasteiger partial charge in [0.1, 0.15) is 0 Å². The van der Waals surface area contributed by atoms with E-state index < -0.39 is 11.9 Å². The lowest BCUT2D eigenvalue weighted by Crippen LogP contribution is -2.07. The van der Waals surface area contributed by atoms with Gasteiger partial charge in [-0.3, -0.25) is 9.59 Å². The van der Waals surface area contributed by atoms with Crippen LogP contribution in [0.5, 0.6) is 0 Å². The number of aliphatic carboxylic acids is 2.